The van der Waals surface area contributed by atoms with E-state index in [0.29, 0.717) is 34.2 Å². The average molecular weight is 288 g/mol. The van der Waals surface area contributed by atoms with Gasteiger partial charge < -0.3 is 10.5 Å². The minimum absolute atomic E-state index is 0.0891. The van der Waals surface area contributed by atoms with Crippen molar-refractivity contribution < 1.29 is 9.53 Å². The zero-order valence-corrected chi connectivity index (χ0v) is 11.8. The number of carbonyl (C=O) groups is 1. The van der Waals surface area contributed by atoms with Crippen molar-refractivity contribution >= 4 is 23.1 Å². The summed E-state index contributed by atoms with van der Waals surface area (Å²) in [7, 11) is 0. The number of ether oxygens (including phenoxy) is 1. The summed E-state index contributed by atoms with van der Waals surface area (Å²) in [6.45, 7) is 2.47. The maximum absolute atomic E-state index is 12.6. The lowest BCUT2D eigenvalue weighted by Crippen LogP contribution is -2.05. The van der Waals surface area contributed by atoms with Crippen LogP contribution in [0.15, 0.2) is 30.3 Å². The van der Waals surface area contributed by atoms with E-state index in [1.165, 1.54) is 0 Å². The van der Waals surface area contributed by atoms with E-state index in [9.17, 15) is 4.79 Å². The molecular formula is C16H14ClNO2. The number of halogens is 1. The topological polar surface area (TPSA) is 52.3 Å². The molecule has 0 aliphatic carbocycles. The first-order chi connectivity index (χ1) is 9.56. The van der Waals surface area contributed by atoms with E-state index >= 15 is 0 Å². The number of benzene rings is 2. The molecule has 0 amide bonds. The fourth-order valence-electron chi connectivity index (χ4n) is 2.41. The third-order valence-electron chi connectivity index (χ3n) is 3.53. The Bertz CT molecular complexity index is 710. The van der Waals surface area contributed by atoms with E-state index in [2.05, 4.69) is 0 Å². The number of fused-ring (bicyclic) bond motifs is 1. The zero-order valence-electron chi connectivity index (χ0n) is 11.1. The molecule has 20 heavy (non-hydrogen) atoms. The van der Waals surface area contributed by atoms with E-state index in [-0.39, 0.29) is 5.78 Å². The van der Waals surface area contributed by atoms with Gasteiger partial charge in [0.05, 0.1) is 12.2 Å². The number of ketones is 1. The fourth-order valence-corrected chi connectivity index (χ4v) is 2.65. The molecule has 0 radical (unpaired) electrons. The van der Waals surface area contributed by atoms with Crippen molar-refractivity contribution in [3.05, 3.63) is 57.6 Å². The largest absolute Gasteiger partial charge is 0.492 e. The summed E-state index contributed by atoms with van der Waals surface area (Å²) in [5, 5.41) is 0.560. The van der Waals surface area contributed by atoms with Gasteiger partial charge in [0.2, 0.25) is 0 Å². The Kier molecular flexibility index (Phi) is 3.14. The highest BCUT2D eigenvalue weighted by molar-refractivity contribution is 6.31. The number of carbonyl (C=O) groups excluding carboxylic acids is 1. The molecule has 4 heteroatoms. The van der Waals surface area contributed by atoms with Crippen LogP contribution in [0.4, 0.5) is 5.69 Å². The molecule has 2 aromatic rings. The second-order valence-electron chi connectivity index (χ2n) is 4.94. The van der Waals surface area contributed by atoms with Gasteiger partial charge in [0.15, 0.2) is 5.78 Å². The molecule has 0 unspecified atom stereocenters. The summed E-state index contributed by atoms with van der Waals surface area (Å²) in [5.41, 5.74) is 9.45. The van der Waals surface area contributed by atoms with Gasteiger partial charge in [-0.2, -0.15) is 0 Å². The number of nitrogen functional groups attached to an aromatic ring is 1. The minimum atomic E-state index is -0.0891. The second kappa shape index (κ2) is 4.84. The van der Waals surface area contributed by atoms with Crippen LogP contribution >= 0.6 is 11.6 Å². The van der Waals surface area contributed by atoms with Crippen LogP contribution in [0.2, 0.25) is 5.02 Å². The summed E-state index contributed by atoms with van der Waals surface area (Å²) in [5.74, 6) is 0.572. The molecule has 2 aromatic carbocycles. The van der Waals surface area contributed by atoms with Crippen LogP contribution in [0.5, 0.6) is 5.75 Å². The lowest BCUT2D eigenvalue weighted by Gasteiger charge is -2.09. The van der Waals surface area contributed by atoms with Crippen LogP contribution < -0.4 is 10.5 Å². The van der Waals surface area contributed by atoms with Crippen LogP contribution in [0.1, 0.15) is 27.0 Å². The summed E-state index contributed by atoms with van der Waals surface area (Å²) < 4.78 is 5.58. The Morgan fingerprint density at radius 2 is 2.10 bits per heavy atom. The van der Waals surface area contributed by atoms with Gasteiger partial charge in [-0.15, -0.1) is 0 Å². The maximum atomic E-state index is 12.6. The predicted octanol–water partition coefficient (Wildman–Crippen LogP) is 3.40. The normalized spacial score (nSPS) is 12.9. The first kappa shape index (κ1) is 13.0. The third kappa shape index (κ3) is 2.14. The van der Waals surface area contributed by atoms with E-state index < -0.39 is 0 Å². The Morgan fingerprint density at radius 1 is 1.30 bits per heavy atom. The molecule has 1 aliphatic heterocycles. The predicted molar refractivity (Wildman–Crippen MR) is 79.7 cm³/mol. The van der Waals surface area contributed by atoms with Gasteiger partial charge in [0, 0.05) is 22.7 Å². The number of hydrogen-bond donors (Lipinski definition) is 1. The molecule has 0 fully saturated rings. The van der Waals surface area contributed by atoms with Gasteiger partial charge in [0.1, 0.15) is 5.75 Å². The van der Waals surface area contributed by atoms with Gasteiger partial charge in [-0.3, -0.25) is 4.79 Å². The Labute approximate surface area is 122 Å². The van der Waals surface area contributed by atoms with Crippen LogP contribution in [-0.4, -0.2) is 12.4 Å². The summed E-state index contributed by atoms with van der Waals surface area (Å²) >= 11 is 6.09. The van der Waals surface area contributed by atoms with Crippen molar-refractivity contribution in [3.8, 4) is 5.75 Å². The van der Waals surface area contributed by atoms with Gasteiger partial charge in [-0.25, -0.2) is 0 Å². The highest BCUT2D eigenvalue weighted by atomic mass is 35.5. The van der Waals surface area contributed by atoms with E-state index in [0.717, 1.165) is 17.5 Å². The second-order valence-corrected chi connectivity index (χ2v) is 5.38. The van der Waals surface area contributed by atoms with E-state index in [4.69, 9.17) is 22.1 Å². The molecule has 0 saturated carbocycles. The summed E-state index contributed by atoms with van der Waals surface area (Å²) in [4.78, 5) is 12.6. The van der Waals surface area contributed by atoms with Gasteiger partial charge >= 0.3 is 0 Å². The number of hydrogen-bond acceptors (Lipinski definition) is 3. The van der Waals surface area contributed by atoms with Crippen LogP contribution in [-0.2, 0) is 6.42 Å². The first-order valence-electron chi connectivity index (χ1n) is 6.42. The van der Waals surface area contributed by atoms with Crippen molar-refractivity contribution in [2.75, 3.05) is 12.3 Å². The Hall–Kier alpha value is -2.00. The fraction of sp³-hybridized carbons (Fsp3) is 0.188. The van der Waals surface area contributed by atoms with Gasteiger partial charge in [0.25, 0.3) is 0 Å². The molecule has 102 valence electrons. The van der Waals surface area contributed by atoms with Crippen molar-refractivity contribution in [2.24, 2.45) is 0 Å². The lowest BCUT2D eigenvalue weighted by molar-refractivity contribution is 0.103. The molecule has 0 bridgehead atoms. The first-order valence-corrected chi connectivity index (χ1v) is 6.80. The Balaban J connectivity index is 2.09. The maximum Gasteiger partial charge on any atom is 0.196 e. The molecule has 1 aliphatic rings. The zero-order chi connectivity index (χ0) is 14.3. The molecule has 1 heterocycles. The molecule has 0 atom stereocenters. The molecule has 0 spiro atoms. The van der Waals surface area contributed by atoms with Crippen molar-refractivity contribution in [1.82, 2.24) is 0 Å². The SMILES string of the molecule is Cc1cc(C(=O)c2cc(Cl)cc3c2OCC3)ccc1N. The monoisotopic (exact) mass is 287 g/mol. The molecule has 0 aromatic heterocycles. The van der Waals surface area contributed by atoms with E-state index in [1.54, 1.807) is 24.3 Å². The molecular weight excluding hydrogens is 274 g/mol. The standard InChI is InChI=1S/C16H14ClNO2/c1-9-6-10(2-3-14(9)18)15(19)13-8-12(17)7-11-4-5-20-16(11)13/h2-3,6-8H,4-5,18H2,1H3. The minimum Gasteiger partial charge on any atom is -0.492 e. The highest BCUT2D eigenvalue weighted by Gasteiger charge is 2.23. The van der Waals surface area contributed by atoms with Crippen molar-refractivity contribution in [2.45, 2.75) is 13.3 Å². The van der Waals surface area contributed by atoms with Gasteiger partial charge in [-0.05, 0) is 48.4 Å². The number of rotatable bonds is 2. The molecule has 3 nitrogen and oxygen atoms in total. The third-order valence-corrected chi connectivity index (χ3v) is 3.74. The van der Waals surface area contributed by atoms with E-state index in [1.807, 2.05) is 13.0 Å². The Morgan fingerprint density at radius 3 is 2.85 bits per heavy atom. The van der Waals surface area contributed by atoms with Crippen LogP contribution in [0.3, 0.4) is 0 Å². The molecule has 3 rings (SSSR count). The lowest BCUT2D eigenvalue weighted by atomic mass is 9.98. The van der Waals surface area contributed by atoms with Crippen molar-refractivity contribution in [1.29, 1.82) is 0 Å². The molecule has 0 saturated heterocycles. The summed E-state index contributed by atoms with van der Waals surface area (Å²) in [6.07, 6.45) is 0.789. The average Bonchev–Trinajstić information content (AvgIpc) is 2.88. The number of anilines is 1. The number of nitrogens with two attached hydrogens (primary N) is 1. The quantitative estimate of drug-likeness (QED) is 0.680. The summed E-state index contributed by atoms with van der Waals surface area (Å²) in [6, 6.07) is 8.79. The highest BCUT2D eigenvalue weighted by Crippen LogP contribution is 2.34. The van der Waals surface area contributed by atoms with Crippen LogP contribution in [0, 0.1) is 6.92 Å². The smallest absolute Gasteiger partial charge is 0.196 e. The van der Waals surface area contributed by atoms with Crippen LogP contribution in [0.25, 0.3) is 0 Å². The number of aryl methyl sites for hydroxylation is 1. The van der Waals surface area contributed by atoms with Gasteiger partial charge in [-0.1, -0.05) is 11.6 Å². The van der Waals surface area contributed by atoms with Crippen molar-refractivity contribution in [3.63, 3.8) is 0 Å². The molecule has 2 N–H and O–H groups in total.